The van der Waals surface area contributed by atoms with Gasteiger partial charge in [-0.25, -0.2) is 4.98 Å². The highest BCUT2D eigenvalue weighted by Crippen LogP contribution is 2.24. The summed E-state index contributed by atoms with van der Waals surface area (Å²) in [5.41, 5.74) is 1.70. The van der Waals surface area contributed by atoms with Crippen LogP contribution in [0.15, 0.2) is 16.8 Å². The molecule has 1 amide bonds. The molecule has 1 aliphatic heterocycles. The number of fused-ring (bicyclic) bond motifs is 1. The standard InChI is InChI=1S/C14H18N4O2/c1-9(2)13-17-11-8-16-7-10(12(11)20-13)14(19)18-5-3-15-4-6-18/h7-9,15H,3-6H2,1-2H3. The van der Waals surface area contributed by atoms with E-state index in [1.807, 2.05) is 18.7 Å². The maximum atomic E-state index is 12.6. The Labute approximate surface area is 117 Å². The molecule has 3 rings (SSSR count). The van der Waals surface area contributed by atoms with E-state index >= 15 is 0 Å². The van der Waals surface area contributed by atoms with E-state index in [0.717, 1.165) is 13.1 Å². The maximum Gasteiger partial charge on any atom is 0.259 e. The van der Waals surface area contributed by atoms with Gasteiger partial charge in [0.15, 0.2) is 11.5 Å². The Morgan fingerprint density at radius 1 is 1.35 bits per heavy atom. The van der Waals surface area contributed by atoms with Crippen LogP contribution >= 0.6 is 0 Å². The highest BCUT2D eigenvalue weighted by atomic mass is 16.3. The Balaban J connectivity index is 1.99. The third-order valence-corrected chi connectivity index (χ3v) is 3.44. The van der Waals surface area contributed by atoms with E-state index in [0.29, 0.717) is 35.6 Å². The van der Waals surface area contributed by atoms with Crippen LogP contribution in [0.4, 0.5) is 0 Å². The number of rotatable bonds is 2. The van der Waals surface area contributed by atoms with Gasteiger partial charge in [0.05, 0.1) is 6.20 Å². The number of carbonyl (C=O) groups is 1. The summed E-state index contributed by atoms with van der Waals surface area (Å²) in [5.74, 6) is 0.794. The van der Waals surface area contributed by atoms with Gasteiger partial charge in [-0.1, -0.05) is 13.8 Å². The SMILES string of the molecule is CC(C)c1nc2cncc(C(=O)N3CCNCC3)c2o1. The van der Waals surface area contributed by atoms with Crippen LogP contribution < -0.4 is 5.32 Å². The number of nitrogens with zero attached hydrogens (tertiary/aromatic N) is 3. The topological polar surface area (TPSA) is 71.3 Å². The van der Waals surface area contributed by atoms with Crippen LogP contribution in [-0.4, -0.2) is 47.0 Å². The van der Waals surface area contributed by atoms with E-state index in [2.05, 4.69) is 15.3 Å². The number of piperazine rings is 1. The van der Waals surface area contributed by atoms with Gasteiger partial charge < -0.3 is 14.6 Å². The van der Waals surface area contributed by atoms with Crippen LogP contribution in [-0.2, 0) is 0 Å². The van der Waals surface area contributed by atoms with Gasteiger partial charge in [-0.3, -0.25) is 9.78 Å². The van der Waals surface area contributed by atoms with Crippen molar-refractivity contribution in [2.24, 2.45) is 0 Å². The average Bonchev–Trinajstić information content (AvgIpc) is 2.91. The smallest absolute Gasteiger partial charge is 0.259 e. The van der Waals surface area contributed by atoms with Crippen LogP contribution in [0, 0.1) is 0 Å². The molecule has 20 heavy (non-hydrogen) atoms. The molecule has 106 valence electrons. The number of oxazole rings is 1. The maximum absolute atomic E-state index is 12.6. The van der Waals surface area contributed by atoms with Crippen molar-refractivity contribution in [1.82, 2.24) is 20.2 Å². The number of aromatic nitrogens is 2. The number of hydrogen-bond acceptors (Lipinski definition) is 5. The molecule has 0 radical (unpaired) electrons. The molecule has 2 aromatic heterocycles. The minimum Gasteiger partial charge on any atom is -0.439 e. The van der Waals surface area contributed by atoms with E-state index in [1.54, 1.807) is 12.4 Å². The van der Waals surface area contributed by atoms with E-state index < -0.39 is 0 Å². The van der Waals surface area contributed by atoms with Gasteiger partial charge in [0.25, 0.3) is 5.91 Å². The van der Waals surface area contributed by atoms with Gasteiger partial charge in [-0.05, 0) is 0 Å². The largest absolute Gasteiger partial charge is 0.439 e. The van der Waals surface area contributed by atoms with Crippen molar-refractivity contribution in [3.8, 4) is 0 Å². The molecule has 0 atom stereocenters. The first-order valence-corrected chi connectivity index (χ1v) is 6.91. The van der Waals surface area contributed by atoms with Crippen LogP contribution in [0.25, 0.3) is 11.1 Å². The lowest BCUT2D eigenvalue weighted by atomic mass is 10.2. The molecule has 1 fully saturated rings. The van der Waals surface area contributed by atoms with Gasteiger partial charge >= 0.3 is 0 Å². The highest BCUT2D eigenvalue weighted by Gasteiger charge is 2.23. The molecule has 0 aromatic carbocycles. The first-order valence-electron chi connectivity index (χ1n) is 6.91. The number of hydrogen-bond donors (Lipinski definition) is 1. The molecule has 3 heterocycles. The van der Waals surface area contributed by atoms with E-state index in [1.165, 1.54) is 0 Å². The molecule has 1 saturated heterocycles. The zero-order chi connectivity index (χ0) is 14.1. The van der Waals surface area contributed by atoms with Crippen LogP contribution in [0.3, 0.4) is 0 Å². The molecular formula is C14H18N4O2. The Bertz CT molecular complexity index is 629. The number of nitrogens with one attached hydrogen (secondary N) is 1. The fourth-order valence-corrected chi connectivity index (χ4v) is 2.31. The number of carbonyl (C=O) groups excluding carboxylic acids is 1. The van der Waals surface area contributed by atoms with Gasteiger partial charge in [0, 0.05) is 38.3 Å². The predicted molar refractivity (Wildman–Crippen MR) is 74.7 cm³/mol. The first-order chi connectivity index (χ1) is 9.66. The van der Waals surface area contributed by atoms with Crippen molar-refractivity contribution in [2.45, 2.75) is 19.8 Å². The quantitative estimate of drug-likeness (QED) is 0.896. The van der Waals surface area contributed by atoms with Crippen LogP contribution in [0.5, 0.6) is 0 Å². The minimum atomic E-state index is -0.0314. The summed E-state index contributed by atoms with van der Waals surface area (Å²) in [6, 6.07) is 0. The summed E-state index contributed by atoms with van der Waals surface area (Å²) in [5, 5.41) is 3.23. The fourth-order valence-electron chi connectivity index (χ4n) is 2.31. The van der Waals surface area contributed by atoms with E-state index in [9.17, 15) is 4.79 Å². The fraction of sp³-hybridized carbons (Fsp3) is 0.500. The second kappa shape index (κ2) is 5.20. The lowest BCUT2D eigenvalue weighted by molar-refractivity contribution is 0.0736. The van der Waals surface area contributed by atoms with Crippen LogP contribution in [0.1, 0.15) is 36.0 Å². The summed E-state index contributed by atoms with van der Waals surface area (Å²) in [7, 11) is 0. The van der Waals surface area contributed by atoms with Crippen molar-refractivity contribution in [3.05, 3.63) is 23.8 Å². The molecule has 0 bridgehead atoms. The van der Waals surface area contributed by atoms with Crippen molar-refractivity contribution >= 4 is 17.0 Å². The Morgan fingerprint density at radius 2 is 2.10 bits per heavy atom. The van der Waals surface area contributed by atoms with Crippen molar-refractivity contribution in [2.75, 3.05) is 26.2 Å². The van der Waals surface area contributed by atoms with Crippen molar-refractivity contribution < 1.29 is 9.21 Å². The third kappa shape index (κ3) is 2.27. The first kappa shape index (κ1) is 13.1. The van der Waals surface area contributed by atoms with Gasteiger partial charge in [0.1, 0.15) is 11.1 Å². The normalized spacial score (nSPS) is 16.1. The predicted octanol–water partition coefficient (Wildman–Crippen LogP) is 1.39. The molecule has 6 nitrogen and oxygen atoms in total. The zero-order valence-corrected chi connectivity index (χ0v) is 11.7. The average molecular weight is 274 g/mol. The van der Waals surface area contributed by atoms with E-state index in [-0.39, 0.29) is 11.8 Å². The van der Waals surface area contributed by atoms with Crippen LogP contribution in [0.2, 0.25) is 0 Å². The molecule has 0 saturated carbocycles. The number of amides is 1. The lowest BCUT2D eigenvalue weighted by Crippen LogP contribution is -2.46. The monoisotopic (exact) mass is 274 g/mol. The van der Waals surface area contributed by atoms with Gasteiger partial charge in [-0.2, -0.15) is 0 Å². The Kier molecular flexibility index (Phi) is 3.40. The highest BCUT2D eigenvalue weighted by molar-refractivity contribution is 6.03. The summed E-state index contributed by atoms with van der Waals surface area (Å²) in [6.45, 7) is 7.08. The Morgan fingerprint density at radius 3 is 2.80 bits per heavy atom. The summed E-state index contributed by atoms with van der Waals surface area (Å²) >= 11 is 0. The molecule has 1 N–H and O–H groups in total. The molecule has 2 aromatic rings. The minimum absolute atomic E-state index is 0.0314. The summed E-state index contributed by atoms with van der Waals surface area (Å²) in [6.07, 6.45) is 3.21. The molecule has 0 aliphatic carbocycles. The van der Waals surface area contributed by atoms with E-state index in [4.69, 9.17) is 4.42 Å². The molecule has 6 heteroatoms. The molecule has 0 unspecified atom stereocenters. The number of pyridine rings is 1. The third-order valence-electron chi connectivity index (χ3n) is 3.44. The van der Waals surface area contributed by atoms with Crippen molar-refractivity contribution in [3.63, 3.8) is 0 Å². The van der Waals surface area contributed by atoms with Gasteiger partial charge in [0.2, 0.25) is 0 Å². The zero-order valence-electron chi connectivity index (χ0n) is 11.7. The second-order valence-electron chi connectivity index (χ2n) is 5.28. The Hall–Kier alpha value is -1.95. The second-order valence-corrected chi connectivity index (χ2v) is 5.28. The summed E-state index contributed by atoms with van der Waals surface area (Å²) < 4.78 is 5.76. The summed E-state index contributed by atoms with van der Waals surface area (Å²) in [4.78, 5) is 22.9. The molecule has 0 spiro atoms. The van der Waals surface area contributed by atoms with Crippen molar-refractivity contribution in [1.29, 1.82) is 0 Å². The van der Waals surface area contributed by atoms with Gasteiger partial charge in [-0.15, -0.1) is 0 Å². The molecular weight excluding hydrogens is 256 g/mol. The lowest BCUT2D eigenvalue weighted by Gasteiger charge is -2.27. The molecule has 1 aliphatic rings.